The van der Waals surface area contributed by atoms with Crippen LogP contribution in [0, 0.1) is 0 Å². The number of fused-ring (bicyclic) bond motifs is 2. The lowest BCUT2D eigenvalue weighted by Gasteiger charge is -2.34. The largest absolute Gasteiger partial charge is 0.508 e. The Hall–Kier alpha value is -4.17. The Morgan fingerprint density at radius 1 is 0.943 bits per heavy atom. The molecule has 2 heterocycles. The van der Waals surface area contributed by atoms with Crippen molar-refractivity contribution in [3.8, 4) is 28.2 Å². The summed E-state index contributed by atoms with van der Waals surface area (Å²) < 4.78 is 5.88. The Morgan fingerprint density at radius 2 is 1.71 bits per heavy atom. The van der Waals surface area contributed by atoms with Crippen molar-refractivity contribution in [2.24, 2.45) is 0 Å². The molecule has 0 bridgehead atoms. The molecule has 2 aromatic carbocycles. The van der Waals surface area contributed by atoms with Crippen LogP contribution in [0.25, 0.3) is 33.4 Å². The minimum absolute atomic E-state index is 0.0189. The molecule has 2 aliphatic heterocycles. The van der Waals surface area contributed by atoms with Gasteiger partial charge in [-0.15, -0.1) is 0 Å². The number of likely N-dealkylation sites (N-methyl/N-ethyl adjacent to an activating group) is 1. The molecule has 2 N–H and O–H groups in total. The van der Waals surface area contributed by atoms with Crippen LogP contribution in [0.4, 0.5) is 0 Å². The lowest BCUT2D eigenvalue weighted by atomic mass is 9.89. The first kappa shape index (κ1) is 22.6. The monoisotopic (exact) mass is 472 g/mol. The fourth-order valence-electron chi connectivity index (χ4n) is 4.67. The van der Waals surface area contributed by atoms with Crippen LogP contribution in [0.5, 0.6) is 5.75 Å². The van der Waals surface area contributed by atoms with Crippen molar-refractivity contribution < 1.29 is 24.2 Å². The van der Waals surface area contributed by atoms with Crippen molar-refractivity contribution in [2.75, 3.05) is 32.7 Å². The fourth-order valence-corrected chi connectivity index (χ4v) is 4.67. The molecule has 8 heteroatoms. The number of nitrogens with zero attached hydrogens (tertiary/aromatic N) is 2. The molecular formula is C27H24N2O6. The van der Waals surface area contributed by atoms with E-state index in [-0.39, 0.29) is 28.4 Å². The van der Waals surface area contributed by atoms with Crippen molar-refractivity contribution in [2.45, 2.75) is 6.92 Å². The van der Waals surface area contributed by atoms with E-state index >= 15 is 0 Å². The smallest absolute Gasteiger partial charge is 0.336 e. The first-order valence-corrected chi connectivity index (χ1v) is 11.4. The summed E-state index contributed by atoms with van der Waals surface area (Å²) >= 11 is 0. The summed E-state index contributed by atoms with van der Waals surface area (Å²) in [5.74, 6) is -1.07. The van der Waals surface area contributed by atoms with Gasteiger partial charge < -0.3 is 24.4 Å². The number of aromatic hydroxyl groups is 1. The van der Waals surface area contributed by atoms with Crippen LogP contribution in [0.15, 0.2) is 63.8 Å². The Labute approximate surface area is 201 Å². The lowest BCUT2D eigenvalue weighted by molar-refractivity contribution is 0.0640. The highest BCUT2D eigenvalue weighted by atomic mass is 16.4. The van der Waals surface area contributed by atoms with Gasteiger partial charge >= 0.3 is 5.97 Å². The van der Waals surface area contributed by atoms with Crippen LogP contribution >= 0.6 is 0 Å². The zero-order chi connectivity index (χ0) is 24.7. The molecule has 5 rings (SSSR count). The Bertz CT molecular complexity index is 1480. The van der Waals surface area contributed by atoms with Crippen molar-refractivity contribution >= 4 is 22.8 Å². The van der Waals surface area contributed by atoms with Crippen LogP contribution in [0.1, 0.15) is 27.6 Å². The van der Waals surface area contributed by atoms with Crippen LogP contribution in [-0.2, 0) is 0 Å². The first-order valence-electron chi connectivity index (χ1n) is 11.4. The molecule has 0 atom stereocenters. The van der Waals surface area contributed by atoms with E-state index in [1.807, 2.05) is 0 Å². The van der Waals surface area contributed by atoms with Crippen LogP contribution in [0.3, 0.4) is 0 Å². The number of hydrogen-bond acceptors (Lipinski definition) is 6. The van der Waals surface area contributed by atoms with Crippen LogP contribution in [-0.4, -0.2) is 64.6 Å². The maximum Gasteiger partial charge on any atom is 0.336 e. The molecule has 0 saturated carbocycles. The number of carboxylic acid groups (broad SMARTS) is 1. The predicted octanol–water partition coefficient (Wildman–Crippen LogP) is 3.75. The summed E-state index contributed by atoms with van der Waals surface area (Å²) in [5.41, 5.74) is 1.82. The molecule has 1 fully saturated rings. The minimum Gasteiger partial charge on any atom is -0.508 e. The maximum atomic E-state index is 13.3. The van der Waals surface area contributed by atoms with Gasteiger partial charge in [0, 0.05) is 60.4 Å². The summed E-state index contributed by atoms with van der Waals surface area (Å²) in [6.45, 7) is 5.80. The summed E-state index contributed by atoms with van der Waals surface area (Å²) in [4.78, 5) is 41.6. The number of phenols is 1. The number of phenolic OH excluding ortho intramolecular Hbond substituents is 1. The number of carboxylic acids is 1. The zero-order valence-electron chi connectivity index (χ0n) is 19.2. The molecule has 35 heavy (non-hydrogen) atoms. The number of carbonyl (C=O) groups excluding carboxylic acids is 1. The molecule has 1 saturated heterocycles. The summed E-state index contributed by atoms with van der Waals surface area (Å²) in [5, 5.41) is 20.5. The molecule has 2 aromatic rings. The van der Waals surface area contributed by atoms with E-state index in [1.54, 1.807) is 29.2 Å². The number of hydrogen-bond donors (Lipinski definition) is 2. The van der Waals surface area contributed by atoms with Gasteiger partial charge in [-0.25, -0.2) is 4.79 Å². The van der Waals surface area contributed by atoms with E-state index in [1.165, 1.54) is 30.3 Å². The fraction of sp³-hybridized carbons (Fsp3) is 0.222. The third-order valence-electron chi connectivity index (χ3n) is 6.55. The highest BCUT2D eigenvalue weighted by molar-refractivity contribution is 6.09. The maximum absolute atomic E-state index is 13.3. The molecule has 0 unspecified atom stereocenters. The van der Waals surface area contributed by atoms with Gasteiger partial charge in [0.2, 0.25) is 0 Å². The molecule has 1 amide bonds. The second-order valence-corrected chi connectivity index (χ2v) is 8.61. The van der Waals surface area contributed by atoms with E-state index in [9.17, 15) is 24.6 Å². The van der Waals surface area contributed by atoms with E-state index in [2.05, 4.69) is 11.8 Å². The van der Waals surface area contributed by atoms with Crippen LogP contribution < -0.4 is 5.43 Å². The number of carbonyl (C=O) groups is 2. The van der Waals surface area contributed by atoms with E-state index < -0.39 is 5.97 Å². The first-order chi connectivity index (χ1) is 16.9. The summed E-state index contributed by atoms with van der Waals surface area (Å²) in [7, 11) is 0. The summed E-state index contributed by atoms with van der Waals surface area (Å²) in [6.07, 6.45) is 0. The van der Waals surface area contributed by atoms with Gasteiger partial charge in [0.05, 0.1) is 5.56 Å². The molecule has 3 aliphatic rings. The Balaban J connectivity index is 1.71. The minimum atomic E-state index is -1.14. The summed E-state index contributed by atoms with van der Waals surface area (Å²) in [6, 6.07) is 13.4. The van der Waals surface area contributed by atoms with Crippen molar-refractivity contribution in [1.29, 1.82) is 0 Å². The van der Waals surface area contributed by atoms with Gasteiger partial charge in [-0.3, -0.25) is 9.59 Å². The van der Waals surface area contributed by atoms with Gasteiger partial charge in [0.15, 0.2) is 5.43 Å². The average Bonchev–Trinajstić information content (AvgIpc) is 2.86. The van der Waals surface area contributed by atoms with Gasteiger partial charge in [0.1, 0.15) is 17.1 Å². The third-order valence-corrected chi connectivity index (χ3v) is 6.55. The molecule has 0 radical (unpaired) electrons. The normalized spacial score (nSPS) is 14.5. The van der Waals surface area contributed by atoms with Gasteiger partial charge in [0.25, 0.3) is 5.91 Å². The molecule has 1 aliphatic carbocycles. The molecular weight excluding hydrogens is 448 g/mol. The second kappa shape index (κ2) is 8.88. The van der Waals surface area contributed by atoms with Crippen molar-refractivity contribution in [3.63, 3.8) is 0 Å². The second-order valence-electron chi connectivity index (χ2n) is 8.61. The zero-order valence-corrected chi connectivity index (χ0v) is 19.2. The molecule has 0 spiro atoms. The average molecular weight is 472 g/mol. The van der Waals surface area contributed by atoms with E-state index in [0.29, 0.717) is 46.3 Å². The number of piperazine rings is 1. The van der Waals surface area contributed by atoms with Crippen LogP contribution in [0.2, 0.25) is 0 Å². The molecule has 8 nitrogen and oxygen atoms in total. The van der Waals surface area contributed by atoms with Crippen molar-refractivity contribution in [3.05, 3.63) is 75.9 Å². The Morgan fingerprint density at radius 3 is 2.43 bits per heavy atom. The predicted molar refractivity (Wildman–Crippen MR) is 131 cm³/mol. The highest BCUT2D eigenvalue weighted by Gasteiger charge is 2.26. The molecule has 178 valence electrons. The Kier molecular flexibility index (Phi) is 5.74. The van der Waals surface area contributed by atoms with E-state index in [0.717, 1.165) is 19.6 Å². The van der Waals surface area contributed by atoms with Gasteiger partial charge in [-0.2, -0.15) is 0 Å². The van der Waals surface area contributed by atoms with Crippen molar-refractivity contribution in [1.82, 2.24) is 9.80 Å². The number of amides is 1. The lowest BCUT2D eigenvalue weighted by Crippen LogP contribution is -2.48. The van der Waals surface area contributed by atoms with Gasteiger partial charge in [-0.1, -0.05) is 6.92 Å². The standard InChI is InChI=1S/C27H24N2O6/c1-2-28-9-11-29(12-10-28)26(32)16-3-6-19(27(33)34)22(13-16)25-20-7-4-17(30)14-23(20)35-24-15-18(31)5-8-21(24)25/h3-8,13-15,30H,2,9-12H2,1H3,(H,33,34). The van der Waals surface area contributed by atoms with Gasteiger partial charge in [-0.05, 0) is 54.6 Å². The number of rotatable bonds is 4. The third kappa shape index (κ3) is 4.13. The molecule has 0 aromatic heterocycles. The topological polar surface area (TPSA) is 111 Å². The highest BCUT2D eigenvalue weighted by Crippen LogP contribution is 2.42. The number of benzene rings is 3. The SMILES string of the molecule is CCN1CCN(C(=O)c2ccc(C(=O)O)c(-c3c4ccc(=O)cc-4oc4cc(O)ccc34)c2)CC1. The number of aromatic carboxylic acids is 1. The quantitative estimate of drug-likeness (QED) is 0.435. The van der Waals surface area contributed by atoms with E-state index in [4.69, 9.17) is 4.42 Å².